The number of carbonyl (C=O) groups excluding carboxylic acids is 1. The van der Waals surface area contributed by atoms with Gasteiger partial charge in [0.25, 0.3) is 0 Å². The molecule has 0 bridgehead atoms. The van der Waals surface area contributed by atoms with Crippen molar-refractivity contribution in [2.75, 3.05) is 49.1 Å². The van der Waals surface area contributed by atoms with Crippen molar-refractivity contribution in [3.05, 3.63) is 35.2 Å². The normalized spacial score (nSPS) is 13.6. The van der Waals surface area contributed by atoms with Crippen LogP contribution in [0, 0.1) is 18.8 Å². The lowest BCUT2D eigenvalue weighted by Gasteiger charge is -2.35. The minimum Gasteiger partial charge on any atom is -0.384 e. The first-order chi connectivity index (χ1) is 13.5. The Bertz CT molecular complexity index is 908. The minimum atomic E-state index is -0.0450. The zero-order valence-electron chi connectivity index (χ0n) is 16.1. The predicted octanol–water partition coefficient (Wildman–Crippen LogP) is 0.596. The number of aromatic nitrogens is 3. The van der Waals surface area contributed by atoms with E-state index in [0.717, 1.165) is 11.1 Å². The third kappa shape index (κ3) is 4.40. The van der Waals surface area contributed by atoms with Crippen molar-refractivity contribution in [1.29, 1.82) is 0 Å². The molecule has 3 heterocycles. The number of amides is 2. The Labute approximate surface area is 164 Å². The summed E-state index contributed by atoms with van der Waals surface area (Å²) in [5.41, 5.74) is 13.7. The standard InChI is InChI=1S/C19H24N8O/c1-3-22-19(28)27-10-8-26(9-11-27)17-15(13(2)24-18(21)25-17)6-4-14-5-7-16(20)23-12-14/h5,7,12H,3,8-11H2,1-2H3,(H2,20,23)(H,22,28)(H2,21,24,25). The second-order valence-electron chi connectivity index (χ2n) is 6.40. The molecule has 9 heteroatoms. The smallest absolute Gasteiger partial charge is 0.317 e. The molecule has 28 heavy (non-hydrogen) atoms. The minimum absolute atomic E-state index is 0.0450. The van der Waals surface area contributed by atoms with Crippen LogP contribution in [0.5, 0.6) is 0 Å². The molecule has 1 aliphatic rings. The first-order valence-corrected chi connectivity index (χ1v) is 9.13. The molecule has 0 atom stereocenters. The highest BCUT2D eigenvalue weighted by Gasteiger charge is 2.24. The molecule has 3 rings (SSSR count). The molecule has 1 saturated heterocycles. The topological polar surface area (TPSA) is 126 Å². The van der Waals surface area contributed by atoms with Gasteiger partial charge < -0.3 is 26.6 Å². The zero-order chi connectivity index (χ0) is 20.1. The fourth-order valence-corrected chi connectivity index (χ4v) is 2.95. The zero-order valence-corrected chi connectivity index (χ0v) is 16.1. The summed E-state index contributed by atoms with van der Waals surface area (Å²) in [4.78, 5) is 28.6. The van der Waals surface area contributed by atoms with Crippen LogP contribution in [0.25, 0.3) is 0 Å². The van der Waals surface area contributed by atoms with Gasteiger partial charge in [0, 0.05) is 44.5 Å². The number of hydrogen-bond donors (Lipinski definition) is 3. The van der Waals surface area contributed by atoms with Crippen molar-refractivity contribution in [1.82, 2.24) is 25.2 Å². The molecule has 1 fully saturated rings. The number of carbonyl (C=O) groups is 1. The quantitative estimate of drug-likeness (QED) is 0.651. The van der Waals surface area contributed by atoms with Crippen LogP contribution in [0.1, 0.15) is 23.7 Å². The van der Waals surface area contributed by atoms with Gasteiger partial charge in [-0.2, -0.15) is 4.98 Å². The Kier molecular flexibility index (Phi) is 5.79. The fraction of sp³-hybridized carbons (Fsp3) is 0.368. The van der Waals surface area contributed by atoms with E-state index in [2.05, 4.69) is 37.0 Å². The van der Waals surface area contributed by atoms with Crippen LogP contribution in [0.4, 0.5) is 22.4 Å². The molecule has 0 radical (unpaired) electrons. The average molecular weight is 380 g/mol. The van der Waals surface area contributed by atoms with E-state index in [0.29, 0.717) is 50.1 Å². The van der Waals surface area contributed by atoms with Crippen molar-refractivity contribution in [3.8, 4) is 11.8 Å². The van der Waals surface area contributed by atoms with E-state index in [1.54, 1.807) is 17.2 Å². The van der Waals surface area contributed by atoms with Gasteiger partial charge in [-0.1, -0.05) is 11.8 Å². The summed E-state index contributed by atoms with van der Waals surface area (Å²) in [6, 6.07) is 3.47. The van der Waals surface area contributed by atoms with Gasteiger partial charge in [0.1, 0.15) is 11.6 Å². The number of piperazine rings is 1. The van der Waals surface area contributed by atoms with E-state index in [1.165, 1.54) is 0 Å². The van der Waals surface area contributed by atoms with Gasteiger partial charge >= 0.3 is 6.03 Å². The molecule has 5 N–H and O–H groups in total. The lowest BCUT2D eigenvalue weighted by Crippen LogP contribution is -2.52. The van der Waals surface area contributed by atoms with Gasteiger partial charge in [-0.3, -0.25) is 0 Å². The molecule has 1 aliphatic heterocycles. The molecule has 0 aliphatic carbocycles. The number of pyridine rings is 1. The number of nitrogens with one attached hydrogen (secondary N) is 1. The second-order valence-corrected chi connectivity index (χ2v) is 6.40. The van der Waals surface area contributed by atoms with E-state index in [1.807, 2.05) is 19.9 Å². The lowest BCUT2D eigenvalue weighted by molar-refractivity contribution is 0.195. The van der Waals surface area contributed by atoms with Crippen LogP contribution >= 0.6 is 0 Å². The van der Waals surface area contributed by atoms with Crippen LogP contribution in [0.3, 0.4) is 0 Å². The van der Waals surface area contributed by atoms with Crippen molar-refractivity contribution in [2.45, 2.75) is 13.8 Å². The highest BCUT2D eigenvalue weighted by Crippen LogP contribution is 2.22. The van der Waals surface area contributed by atoms with Crippen LogP contribution in [-0.2, 0) is 0 Å². The lowest BCUT2D eigenvalue weighted by atomic mass is 10.1. The third-order valence-corrected chi connectivity index (χ3v) is 4.40. The Morgan fingerprint density at radius 2 is 1.93 bits per heavy atom. The summed E-state index contributed by atoms with van der Waals surface area (Å²) in [5, 5.41) is 2.83. The summed E-state index contributed by atoms with van der Waals surface area (Å²) in [5.74, 6) is 7.58. The fourth-order valence-electron chi connectivity index (χ4n) is 2.95. The molecule has 2 amide bonds. The molecule has 146 valence electrons. The molecular weight excluding hydrogens is 356 g/mol. The number of nitrogen functional groups attached to an aromatic ring is 2. The van der Waals surface area contributed by atoms with Gasteiger partial charge in [0.15, 0.2) is 0 Å². The second kappa shape index (κ2) is 8.43. The summed E-state index contributed by atoms with van der Waals surface area (Å²) in [7, 11) is 0. The maximum atomic E-state index is 12.0. The number of nitrogens with two attached hydrogens (primary N) is 2. The Balaban J connectivity index is 1.84. The average Bonchev–Trinajstić information content (AvgIpc) is 2.68. The first-order valence-electron chi connectivity index (χ1n) is 9.13. The maximum absolute atomic E-state index is 12.0. The maximum Gasteiger partial charge on any atom is 0.317 e. The SMILES string of the molecule is CCNC(=O)N1CCN(c2nc(N)nc(C)c2C#Cc2ccc(N)nc2)CC1. The van der Waals surface area contributed by atoms with Crippen LogP contribution in [0.2, 0.25) is 0 Å². The monoisotopic (exact) mass is 380 g/mol. The number of urea groups is 1. The molecule has 0 unspecified atom stereocenters. The van der Waals surface area contributed by atoms with Crippen molar-refractivity contribution in [3.63, 3.8) is 0 Å². The van der Waals surface area contributed by atoms with Gasteiger partial charge in [-0.05, 0) is 26.0 Å². The van der Waals surface area contributed by atoms with E-state index < -0.39 is 0 Å². The van der Waals surface area contributed by atoms with Gasteiger partial charge in [-0.25, -0.2) is 14.8 Å². The largest absolute Gasteiger partial charge is 0.384 e. The molecular formula is C19H24N8O. The number of rotatable bonds is 2. The van der Waals surface area contributed by atoms with Gasteiger partial charge in [0.2, 0.25) is 5.95 Å². The van der Waals surface area contributed by atoms with Crippen molar-refractivity contribution >= 4 is 23.6 Å². The summed E-state index contributed by atoms with van der Waals surface area (Å²) < 4.78 is 0. The van der Waals surface area contributed by atoms with Crippen LogP contribution < -0.4 is 21.7 Å². The van der Waals surface area contributed by atoms with E-state index in [4.69, 9.17) is 11.5 Å². The molecule has 0 saturated carbocycles. The highest BCUT2D eigenvalue weighted by atomic mass is 16.2. The highest BCUT2D eigenvalue weighted by molar-refractivity contribution is 5.74. The molecule has 2 aromatic rings. The van der Waals surface area contributed by atoms with Crippen molar-refractivity contribution < 1.29 is 4.79 Å². The number of aryl methyl sites for hydroxylation is 1. The van der Waals surface area contributed by atoms with E-state index in [9.17, 15) is 4.79 Å². The van der Waals surface area contributed by atoms with Crippen LogP contribution in [-0.4, -0.2) is 58.6 Å². The molecule has 0 spiro atoms. The first kappa shape index (κ1) is 19.2. The third-order valence-electron chi connectivity index (χ3n) is 4.40. The van der Waals surface area contributed by atoms with Gasteiger partial charge in [-0.15, -0.1) is 0 Å². The molecule has 0 aromatic carbocycles. The number of hydrogen-bond acceptors (Lipinski definition) is 7. The van der Waals surface area contributed by atoms with E-state index in [-0.39, 0.29) is 12.0 Å². The summed E-state index contributed by atoms with van der Waals surface area (Å²) >= 11 is 0. The predicted molar refractivity (Wildman–Crippen MR) is 109 cm³/mol. The Morgan fingerprint density at radius 1 is 1.18 bits per heavy atom. The Morgan fingerprint density at radius 3 is 2.57 bits per heavy atom. The summed E-state index contributed by atoms with van der Waals surface area (Å²) in [6.45, 7) is 6.86. The number of anilines is 3. The molecule has 9 nitrogen and oxygen atoms in total. The van der Waals surface area contributed by atoms with Gasteiger partial charge in [0.05, 0.1) is 11.3 Å². The van der Waals surface area contributed by atoms with Crippen LogP contribution in [0.15, 0.2) is 18.3 Å². The summed E-state index contributed by atoms with van der Waals surface area (Å²) in [6.07, 6.45) is 1.63. The number of nitrogens with zero attached hydrogens (tertiary/aromatic N) is 5. The molecule has 2 aromatic heterocycles. The Hall–Kier alpha value is -3.54. The van der Waals surface area contributed by atoms with E-state index >= 15 is 0 Å². The van der Waals surface area contributed by atoms with Crippen molar-refractivity contribution in [2.24, 2.45) is 0 Å².